The van der Waals surface area contributed by atoms with Crippen LogP contribution in [0, 0.1) is 0 Å². The van der Waals surface area contributed by atoms with E-state index in [1.165, 1.54) is 0 Å². The van der Waals surface area contributed by atoms with Gasteiger partial charge in [-0.15, -0.1) is 0 Å². The molecule has 410 valence electrons. The summed E-state index contributed by atoms with van der Waals surface area (Å²) in [5.74, 6) is -8.66. The summed E-state index contributed by atoms with van der Waals surface area (Å²) in [7, 11) is 0. The van der Waals surface area contributed by atoms with E-state index < -0.39 is 103 Å². The Balaban J connectivity index is 6.85. The monoisotopic (exact) mass is 1030 g/mol. The van der Waals surface area contributed by atoms with Gasteiger partial charge in [0.25, 0.3) is 0 Å². The molecule has 0 aromatic heterocycles. The summed E-state index contributed by atoms with van der Waals surface area (Å²) in [5.41, 5.74) is 60.8. The molecule has 31 heteroatoms. The van der Waals surface area contributed by atoms with Crippen LogP contribution in [-0.4, -0.2) is 163 Å². The quantitative estimate of drug-likeness (QED) is 0.0154. The summed E-state index contributed by atoms with van der Waals surface area (Å²) in [4.78, 5) is 122. The van der Waals surface area contributed by atoms with E-state index in [-0.39, 0.29) is 121 Å². The Kier molecular flexibility index (Phi) is 33.7. The summed E-state index contributed by atoms with van der Waals surface area (Å²) in [6.07, 6.45) is 1.14. The molecule has 0 saturated carbocycles. The lowest BCUT2D eigenvalue weighted by Gasteiger charge is -2.28. The predicted octanol–water partition coefficient (Wildman–Crippen LogP) is -7.36. The Hall–Kier alpha value is -7.28. The standard InChI is InChI=1S/C41H81N21O10/c42-17-3-1-10-24(32(66)59-25(11-2-4-18-43)35(69)62-29(37(71)72)14-8-22-56-41(51)52)58-33(67)26(12-6-20-54-39(47)48)60-34(68)27(13-7-21-55-40(49)50)61-36(70)28(15-16-30(63)64)57-31(65)23(44)9-5-19-53-38(45)46/h23-29H,1-22,42-44H2,(H,57,65)(H,58,67)(H,59,66)(H,60,68)(H,61,70)(H,62,69)(H,63,64)(H,71,72)(H4,45,46,53)(H4,47,48,54)(H4,49,50,55)(H4,51,52,56)/t23-,24-,25-,26-,27-,28-,29-/m0/s1. The number of carbonyl (C=O) groups excluding carboxylic acids is 6. The van der Waals surface area contributed by atoms with Gasteiger partial charge in [-0.1, -0.05) is 0 Å². The fraction of sp³-hybridized carbons (Fsp3) is 0.707. The minimum Gasteiger partial charge on any atom is -0.481 e. The van der Waals surface area contributed by atoms with Crippen molar-refractivity contribution in [3.05, 3.63) is 0 Å². The number of carboxylic acids is 2. The largest absolute Gasteiger partial charge is 0.481 e. The summed E-state index contributed by atoms with van der Waals surface area (Å²) >= 11 is 0. The lowest BCUT2D eigenvalue weighted by molar-refractivity contribution is -0.142. The number of unbranched alkanes of at least 4 members (excludes halogenated alkanes) is 2. The van der Waals surface area contributed by atoms with E-state index in [4.69, 9.17) is 63.1 Å². The first-order valence-corrected chi connectivity index (χ1v) is 23.7. The minimum absolute atomic E-state index is 0.000479. The highest BCUT2D eigenvalue weighted by Gasteiger charge is 2.34. The number of aliphatic imine (C=N–C) groups is 4. The number of hydrogen-bond acceptors (Lipinski definition) is 15. The second-order valence-corrected chi connectivity index (χ2v) is 16.6. The van der Waals surface area contributed by atoms with Gasteiger partial charge in [-0.3, -0.25) is 53.5 Å². The van der Waals surface area contributed by atoms with Crippen molar-refractivity contribution in [2.45, 2.75) is 145 Å². The third-order valence-corrected chi connectivity index (χ3v) is 10.5. The first-order valence-electron chi connectivity index (χ1n) is 23.7. The van der Waals surface area contributed by atoms with Gasteiger partial charge in [0.15, 0.2) is 23.8 Å². The molecule has 0 aliphatic carbocycles. The van der Waals surface area contributed by atoms with Crippen LogP contribution in [0.2, 0.25) is 0 Å². The van der Waals surface area contributed by atoms with Crippen LogP contribution in [0.5, 0.6) is 0 Å². The van der Waals surface area contributed by atoms with Gasteiger partial charge in [0, 0.05) is 32.6 Å². The van der Waals surface area contributed by atoms with E-state index in [9.17, 15) is 48.6 Å². The average Bonchev–Trinajstić information content (AvgIpc) is 3.30. The number of amides is 6. The van der Waals surface area contributed by atoms with Crippen molar-refractivity contribution in [1.82, 2.24) is 31.9 Å². The molecule has 6 amide bonds. The number of carbonyl (C=O) groups is 8. The van der Waals surface area contributed by atoms with Crippen molar-refractivity contribution in [1.29, 1.82) is 0 Å². The Bertz CT molecular complexity index is 1840. The fourth-order valence-corrected chi connectivity index (χ4v) is 6.66. The Morgan fingerprint density at radius 1 is 0.361 bits per heavy atom. The molecule has 0 radical (unpaired) electrons. The van der Waals surface area contributed by atoms with Gasteiger partial charge in [0.05, 0.1) is 6.04 Å². The second kappa shape index (κ2) is 37.5. The van der Waals surface area contributed by atoms with Gasteiger partial charge in [-0.2, -0.15) is 0 Å². The number of hydrogen-bond donors (Lipinski definition) is 19. The lowest BCUT2D eigenvalue weighted by atomic mass is 10.0. The maximum Gasteiger partial charge on any atom is 0.326 e. The van der Waals surface area contributed by atoms with Gasteiger partial charge in [-0.25, -0.2) is 4.79 Å². The number of nitrogens with zero attached hydrogens (tertiary/aromatic N) is 4. The van der Waals surface area contributed by atoms with Crippen LogP contribution >= 0.6 is 0 Å². The summed E-state index contributed by atoms with van der Waals surface area (Å²) in [6.45, 7) is 0.769. The van der Waals surface area contributed by atoms with E-state index in [0.717, 1.165) is 0 Å². The Morgan fingerprint density at radius 2 is 0.625 bits per heavy atom. The summed E-state index contributed by atoms with van der Waals surface area (Å²) in [6, 6.07) is -9.49. The van der Waals surface area contributed by atoms with Crippen LogP contribution in [0.25, 0.3) is 0 Å². The number of nitrogens with two attached hydrogens (primary N) is 11. The molecule has 0 aromatic carbocycles. The molecule has 0 fully saturated rings. The van der Waals surface area contributed by atoms with E-state index in [1.807, 2.05) is 0 Å². The van der Waals surface area contributed by atoms with Crippen molar-refractivity contribution < 1.29 is 48.6 Å². The van der Waals surface area contributed by atoms with Crippen molar-refractivity contribution >= 4 is 71.2 Å². The molecule has 0 aromatic rings. The first-order chi connectivity index (χ1) is 34.0. The predicted molar refractivity (Wildman–Crippen MR) is 270 cm³/mol. The summed E-state index contributed by atoms with van der Waals surface area (Å²) in [5, 5.41) is 34.6. The molecule has 0 rings (SSSR count). The zero-order valence-corrected chi connectivity index (χ0v) is 40.9. The molecule has 0 aliphatic rings. The van der Waals surface area contributed by atoms with Gasteiger partial charge in [0.1, 0.15) is 36.3 Å². The number of carboxylic acid groups (broad SMARTS) is 2. The van der Waals surface area contributed by atoms with Crippen LogP contribution in [0.4, 0.5) is 0 Å². The van der Waals surface area contributed by atoms with E-state index in [0.29, 0.717) is 32.1 Å². The molecule has 0 bridgehead atoms. The van der Waals surface area contributed by atoms with Crippen LogP contribution < -0.4 is 95.0 Å². The van der Waals surface area contributed by atoms with E-state index >= 15 is 0 Å². The molecule has 7 atom stereocenters. The molecule has 0 heterocycles. The molecule has 0 spiro atoms. The fourth-order valence-electron chi connectivity index (χ4n) is 6.66. The van der Waals surface area contributed by atoms with Gasteiger partial charge in [0.2, 0.25) is 35.4 Å². The highest BCUT2D eigenvalue weighted by Crippen LogP contribution is 2.11. The Labute approximate surface area is 418 Å². The van der Waals surface area contributed by atoms with Crippen LogP contribution in [0.1, 0.15) is 103 Å². The SMILES string of the molecule is NCCCC[C@H](NC(=O)[C@H](CCCCN)NC(=O)[C@H](CCCN=C(N)N)NC(=O)[C@H](CCCN=C(N)N)NC(=O)[C@H](CCC(=O)O)NC(=O)[C@@H](N)CCCN=C(N)N)C(=O)N[C@@H](CCCN=C(N)N)C(=O)O. The van der Waals surface area contributed by atoms with Gasteiger partial charge in [-0.05, 0) is 109 Å². The highest BCUT2D eigenvalue weighted by atomic mass is 16.4. The molecule has 72 heavy (non-hydrogen) atoms. The first kappa shape index (κ1) is 64.7. The third-order valence-electron chi connectivity index (χ3n) is 10.5. The maximum absolute atomic E-state index is 14.3. The molecular formula is C41H81N21O10. The normalized spacial score (nSPS) is 13.7. The van der Waals surface area contributed by atoms with Crippen molar-refractivity contribution in [2.24, 2.45) is 83.0 Å². The molecular weight excluding hydrogens is 947 g/mol. The molecule has 30 N–H and O–H groups in total. The smallest absolute Gasteiger partial charge is 0.326 e. The molecule has 0 unspecified atom stereocenters. The average molecular weight is 1030 g/mol. The van der Waals surface area contributed by atoms with Crippen LogP contribution in [-0.2, 0) is 38.4 Å². The van der Waals surface area contributed by atoms with Crippen LogP contribution in [0.3, 0.4) is 0 Å². The van der Waals surface area contributed by atoms with Crippen molar-refractivity contribution in [2.75, 3.05) is 39.3 Å². The van der Waals surface area contributed by atoms with Crippen LogP contribution in [0.15, 0.2) is 20.0 Å². The zero-order valence-electron chi connectivity index (χ0n) is 40.9. The summed E-state index contributed by atoms with van der Waals surface area (Å²) < 4.78 is 0. The highest BCUT2D eigenvalue weighted by molar-refractivity contribution is 5.97. The molecule has 31 nitrogen and oxygen atoms in total. The van der Waals surface area contributed by atoms with E-state index in [2.05, 4.69) is 51.9 Å². The Morgan fingerprint density at radius 3 is 0.917 bits per heavy atom. The zero-order chi connectivity index (χ0) is 54.6. The number of guanidine groups is 4. The van der Waals surface area contributed by atoms with Gasteiger partial charge < -0.3 is 105 Å². The number of nitrogens with one attached hydrogen (secondary N) is 6. The maximum atomic E-state index is 14.3. The topological polar surface area (TPSA) is 585 Å². The van der Waals surface area contributed by atoms with E-state index in [1.54, 1.807) is 0 Å². The minimum atomic E-state index is -1.50. The number of aliphatic carboxylic acids is 2. The van der Waals surface area contributed by atoms with Gasteiger partial charge >= 0.3 is 11.9 Å². The third kappa shape index (κ3) is 31.0. The molecule has 0 aliphatic heterocycles. The molecule has 0 saturated heterocycles. The second-order valence-electron chi connectivity index (χ2n) is 16.6. The lowest BCUT2D eigenvalue weighted by Crippen LogP contribution is -2.59. The van der Waals surface area contributed by atoms with Crippen molar-refractivity contribution in [3.63, 3.8) is 0 Å². The van der Waals surface area contributed by atoms with Crippen molar-refractivity contribution in [3.8, 4) is 0 Å². The number of rotatable bonds is 40.